The van der Waals surface area contributed by atoms with E-state index in [4.69, 9.17) is 22.3 Å². The van der Waals surface area contributed by atoms with Crippen LogP contribution in [0.2, 0.25) is 0 Å². The Morgan fingerprint density at radius 2 is 1.68 bits per heavy atom. The van der Waals surface area contributed by atoms with E-state index in [1.54, 1.807) is 13.8 Å². The zero-order chi connectivity index (χ0) is 19.6. The van der Waals surface area contributed by atoms with Crippen LogP contribution in [0.1, 0.15) is 26.7 Å². The average Bonchev–Trinajstić information content (AvgIpc) is 2.53. The summed E-state index contributed by atoms with van der Waals surface area (Å²) in [5.74, 6) is -2.61. The van der Waals surface area contributed by atoms with Crippen molar-refractivity contribution in [3.63, 3.8) is 0 Å². The van der Waals surface area contributed by atoms with E-state index in [9.17, 15) is 14.4 Å². The lowest BCUT2D eigenvalue weighted by molar-refractivity contribution is -0.141. The van der Waals surface area contributed by atoms with Crippen LogP contribution in [-0.4, -0.2) is 59.3 Å². The number of hydrogen-bond acceptors (Lipinski definition) is 6. The summed E-state index contributed by atoms with van der Waals surface area (Å²) in [6.45, 7) is 3.83. The van der Waals surface area contributed by atoms with Crippen molar-refractivity contribution in [3.05, 3.63) is 0 Å². The van der Waals surface area contributed by atoms with Gasteiger partial charge < -0.3 is 32.9 Å². The highest BCUT2D eigenvalue weighted by atomic mass is 32.1. The molecule has 0 saturated carbocycles. The zero-order valence-electron chi connectivity index (χ0n) is 14.4. The van der Waals surface area contributed by atoms with E-state index in [0.717, 1.165) is 0 Å². The largest absolute Gasteiger partial charge is 0.480 e. The summed E-state index contributed by atoms with van der Waals surface area (Å²) in [5.41, 5.74) is 16.2. The summed E-state index contributed by atoms with van der Waals surface area (Å²) < 4.78 is 0. The molecule has 25 heavy (non-hydrogen) atoms. The average molecular weight is 376 g/mol. The van der Waals surface area contributed by atoms with Crippen LogP contribution in [0.15, 0.2) is 4.99 Å². The molecule has 0 aromatic carbocycles. The Labute approximate surface area is 152 Å². The van der Waals surface area contributed by atoms with Crippen molar-refractivity contribution in [1.82, 2.24) is 10.6 Å². The van der Waals surface area contributed by atoms with Crippen LogP contribution in [0.3, 0.4) is 0 Å². The predicted octanol–water partition coefficient (Wildman–Crippen LogP) is -1.99. The van der Waals surface area contributed by atoms with Crippen molar-refractivity contribution in [2.75, 3.05) is 12.3 Å². The number of hydrogen-bond donors (Lipinski definition) is 7. The highest BCUT2D eigenvalue weighted by molar-refractivity contribution is 7.80. The molecule has 0 spiro atoms. The van der Waals surface area contributed by atoms with Crippen molar-refractivity contribution >= 4 is 36.4 Å². The van der Waals surface area contributed by atoms with Gasteiger partial charge in [0.1, 0.15) is 12.1 Å². The molecule has 0 aliphatic heterocycles. The Morgan fingerprint density at radius 3 is 2.12 bits per heavy atom. The molecule has 0 saturated heterocycles. The number of carboxylic acid groups (broad SMARTS) is 1. The number of nitrogens with one attached hydrogen (secondary N) is 2. The Balaban J connectivity index is 4.97. The summed E-state index contributed by atoms with van der Waals surface area (Å²) in [5, 5.41) is 13.9. The fourth-order valence-electron chi connectivity index (χ4n) is 1.80. The zero-order valence-corrected chi connectivity index (χ0v) is 15.3. The van der Waals surface area contributed by atoms with Crippen molar-refractivity contribution in [2.45, 2.75) is 44.8 Å². The Kier molecular flexibility index (Phi) is 10.6. The number of aliphatic imine (C=N–C) groups is 1. The van der Waals surface area contributed by atoms with Crippen LogP contribution >= 0.6 is 12.6 Å². The summed E-state index contributed by atoms with van der Waals surface area (Å²) in [7, 11) is 0. The van der Waals surface area contributed by atoms with Crippen LogP contribution in [0.4, 0.5) is 0 Å². The van der Waals surface area contributed by atoms with Crippen molar-refractivity contribution in [3.8, 4) is 0 Å². The minimum absolute atomic E-state index is 0.0760. The van der Waals surface area contributed by atoms with Crippen LogP contribution in [0, 0.1) is 5.92 Å². The lowest BCUT2D eigenvalue weighted by Gasteiger charge is -2.23. The van der Waals surface area contributed by atoms with Gasteiger partial charge in [-0.1, -0.05) is 13.8 Å². The van der Waals surface area contributed by atoms with Crippen LogP contribution in [-0.2, 0) is 14.4 Å². The number of thiol groups is 1. The van der Waals surface area contributed by atoms with Gasteiger partial charge in [-0.25, -0.2) is 4.79 Å². The van der Waals surface area contributed by atoms with Gasteiger partial charge in [0.05, 0.1) is 6.04 Å². The van der Waals surface area contributed by atoms with Crippen LogP contribution in [0.25, 0.3) is 0 Å². The predicted molar refractivity (Wildman–Crippen MR) is 98.1 cm³/mol. The summed E-state index contributed by atoms with van der Waals surface area (Å²) in [6.07, 6.45) is 0.629. The highest BCUT2D eigenvalue weighted by Gasteiger charge is 2.27. The first kappa shape index (κ1) is 23.0. The van der Waals surface area contributed by atoms with E-state index in [1.807, 2.05) is 0 Å². The van der Waals surface area contributed by atoms with Crippen LogP contribution in [0.5, 0.6) is 0 Å². The van der Waals surface area contributed by atoms with E-state index >= 15 is 0 Å². The number of carbonyl (C=O) groups excluding carboxylic acids is 2. The maximum atomic E-state index is 12.3. The van der Waals surface area contributed by atoms with Gasteiger partial charge in [0, 0.05) is 12.3 Å². The molecule has 10 nitrogen and oxygen atoms in total. The molecule has 0 rings (SSSR count). The third kappa shape index (κ3) is 9.15. The third-order valence-corrected chi connectivity index (χ3v) is 3.76. The molecule has 11 heteroatoms. The second-order valence-electron chi connectivity index (χ2n) is 5.86. The fraction of sp³-hybridized carbons (Fsp3) is 0.714. The number of rotatable bonds is 11. The van der Waals surface area contributed by atoms with Gasteiger partial charge in [-0.3, -0.25) is 14.6 Å². The van der Waals surface area contributed by atoms with E-state index in [-0.39, 0.29) is 30.6 Å². The molecule has 0 unspecified atom stereocenters. The van der Waals surface area contributed by atoms with Gasteiger partial charge in [0.15, 0.2) is 5.96 Å². The number of amides is 2. The molecule has 144 valence electrons. The first-order valence-corrected chi connectivity index (χ1v) is 8.48. The number of nitrogens with two attached hydrogens (primary N) is 3. The Hall–Kier alpha value is -2.01. The SMILES string of the molecule is CC(C)[C@H](N)C(=O)N[C@@H](CCCN=C(N)N)C(=O)N[C@@H](CS)C(=O)O. The first-order chi connectivity index (χ1) is 11.6. The number of guanidine groups is 1. The van der Waals surface area contributed by atoms with E-state index in [0.29, 0.717) is 6.42 Å². The highest BCUT2D eigenvalue weighted by Crippen LogP contribution is 2.04. The normalized spacial score (nSPS) is 14.3. The smallest absolute Gasteiger partial charge is 0.327 e. The van der Waals surface area contributed by atoms with Gasteiger partial charge in [-0.2, -0.15) is 12.6 Å². The maximum absolute atomic E-state index is 12.3. The standard InChI is InChI=1S/C14H28N6O4S/c1-7(2)10(15)12(22)19-8(4-3-5-18-14(16)17)11(21)20-9(6-25)13(23)24/h7-10,25H,3-6,15H2,1-2H3,(H,19,22)(H,20,21)(H,23,24)(H4,16,17,18)/t8-,9-,10-/m0/s1. The number of carboxylic acids is 1. The quantitative estimate of drug-likeness (QED) is 0.0940. The maximum Gasteiger partial charge on any atom is 0.327 e. The Bertz CT molecular complexity index is 496. The molecule has 0 heterocycles. The summed E-state index contributed by atoms with van der Waals surface area (Å²) >= 11 is 3.89. The molecule has 2 amide bonds. The monoisotopic (exact) mass is 376 g/mol. The van der Waals surface area contributed by atoms with Gasteiger partial charge in [-0.15, -0.1) is 0 Å². The minimum Gasteiger partial charge on any atom is -0.480 e. The van der Waals surface area contributed by atoms with Crippen molar-refractivity contribution < 1.29 is 19.5 Å². The van der Waals surface area contributed by atoms with Crippen molar-refractivity contribution in [2.24, 2.45) is 28.1 Å². The molecule has 9 N–H and O–H groups in total. The summed E-state index contributed by atoms with van der Waals surface area (Å²) in [4.78, 5) is 39.3. The molecular formula is C14H28N6O4S. The lowest BCUT2D eigenvalue weighted by Crippen LogP contribution is -2.55. The molecule has 0 aliphatic carbocycles. The number of aliphatic carboxylic acids is 1. The van der Waals surface area contributed by atoms with Crippen molar-refractivity contribution in [1.29, 1.82) is 0 Å². The molecule has 0 radical (unpaired) electrons. The molecule has 0 bridgehead atoms. The number of carbonyl (C=O) groups is 3. The number of nitrogens with zero attached hydrogens (tertiary/aromatic N) is 1. The van der Waals surface area contributed by atoms with Gasteiger partial charge in [0.25, 0.3) is 0 Å². The van der Waals surface area contributed by atoms with Gasteiger partial charge >= 0.3 is 5.97 Å². The molecular weight excluding hydrogens is 348 g/mol. The molecule has 0 aliphatic rings. The first-order valence-electron chi connectivity index (χ1n) is 7.85. The lowest BCUT2D eigenvalue weighted by atomic mass is 10.0. The van der Waals surface area contributed by atoms with E-state index in [1.165, 1.54) is 0 Å². The molecule has 0 aromatic rings. The minimum atomic E-state index is -1.21. The Morgan fingerprint density at radius 1 is 1.12 bits per heavy atom. The summed E-state index contributed by atoms with van der Waals surface area (Å²) in [6, 6.07) is -2.90. The van der Waals surface area contributed by atoms with E-state index in [2.05, 4.69) is 28.3 Å². The third-order valence-electron chi connectivity index (χ3n) is 3.40. The van der Waals surface area contributed by atoms with Gasteiger partial charge in [-0.05, 0) is 18.8 Å². The fourth-order valence-corrected chi connectivity index (χ4v) is 2.05. The molecule has 0 aromatic heterocycles. The topological polar surface area (TPSA) is 186 Å². The second kappa shape index (κ2) is 11.5. The second-order valence-corrected chi connectivity index (χ2v) is 6.23. The molecule has 3 atom stereocenters. The van der Waals surface area contributed by atoms with Gasteiger partial charge in [0.2, 0.25) is 11.8 Å². The molecule has 0 fully saturated rings. The van der Waals surface area contributed by atoms with E-state index < -0.39 is 35.9 Å². The van der Waals surface area contributed by atoms with Crippen LogP contribution < -0.4 is 27.8 Å².